The predicted octanol–water partition coefficient (Wildman–Crippen LogP) is 2.82. The fourth-order valence-electron chi connectivity index (χ4n) is 3.90. The van der Waals surface area contributed by atoms with E-state index in [0.29, 0.717) is 6.42 Å². The summed E-state index contributed by atoms with van der Waals surface area (Å²) in [5.41, 5.74) is 1.14. The summed E-state index contributed by atoms with van der Waals surface area (Å²) in [6.45, 7) is 2.59. The van der Waals surface area contributed by atoms with Crippen molar-refractivity contribution >= 4 is 23.7 Å². The van der Waals surface area contributed by atoms with Gasteiger partial charge in [-0.25, -0.2) is 4.98 Å². The number of methoxy groups -OCH3 is 1. The number of ether oxygens (including phenoxy) is 1. The monoisotopic (exact) mass is 401 g/mol. The molecule has 150 valence electrons. The molecule has 4 unspecified atom stereocenters. The van der Waals surface area contributed by atoms with E-state index in [1.54, 1.807) is 18.2 Å². The lowest BCUT2D eigenvalue weighted by Crippen LogP contribution is -2.48. The summed E-state index contributed by atoms with van der Waals surface area (Å²) in [5.74, 6) is -0.463. The molecule has 2 heterocycles. The van der Waals surface area contributed by atoms with Gasteiger partial charge < -0.3 is 15.0 Å². The first-order valence-corrected chi connectivity index (χ1v) is 10.5. The maximum Gasteiger partial charge on any atom is 0.226 e. The fourth-order valence-corrected chi connectivity index (χ4v) is 4.59. The van der Waals surface area contributed by atoms with Crippen molar-refractivity contribution < 1.29 is 14.3 Å². The molecule has 1 N–H and O–H groups in total. The molecule has 1 aliphatic rings. The van der Waals surface area contributed by atoms with Gasteiger partial charge in [0.25, 0.3) is 0 Å². The van der Waals surface area contributed by atoms with Crippen LogP contribution < -0.4 is 5.32 Å². The highest BCUT2D eigenvalue weighted by molar-refractivity contribution is 7.09. The van der Waals surface area contributed by atoms with Crippen molar-refractivity contribution in [2.75, 3.05) is 13.7 Å². The third-order valence-corrected chi connectivity index (χ3v) is 6.27. The van der Waals surface area contributed by atoms with Crippen LogP contribution in [0.1, 0.15) is 36.4 Å². The minimum absolute atomic E-state index is 0.0595. The van der Waals surface area contributed by atoms with Crippen molar-refractivity contribution in [3.63, 3.8) is 0 Å². The van der Waals surface area contributed by atoms with E-state index in [9.17, 15) is 9.59 Å². The topological polar surface area (TPSA) is 71.5 Å². The molecule has 7 heteroatoms. The van der Waals surface area contributed by atoms with Gasteiger partial charge in [-0.2, -0.15) is 0 Å². The molecular weight excluding hydrogens is 374 g/mol. The smallest absolute Gasteiger partial charge is 0.226 e. The lowest BCUT2D eigenvalue weighted by molar-refractivity contribution is -0.134. The summed E-state index contributed by atoms with van der Waals surface area (Å²) in [4.78, 5) is 30.6. The molecule has 2 amide bonds. The van der Waals surface area contributed by atoms with Gasteiger partial charge in [-0.15, -0.1) is 11.3 Å². The number of aromatic nitrogens is 1. The Kier molecular flexibility index (Phi) is 7.17. The first-order valence-electron chi connectivity index (χ1n) is 9.61. The number of carbonyl (C=O) groups excluding carboxylic acids is 2. The maximum absolute atomic E-state index is 13.1. The van der Waals surface area contributed by atoms with E-state index in [1.807, 2.05) is 30.5 Å². The molecule has 0 radical (unpaired) electrons. The van der Waals surface area contributed by atoms with Crippen molar-refractivity contribution in [3.05, 3.63) is 52.5 Å². The second kappa shape index (κ2) is 9.80. The van der Waals surface area contributed by atoms with Gasteiger partial charge in [0, 0.05) is 25.2 Å². The standard InChI is InChI=1S/C21H27N3O3S/c1-15(19(27-2)18-9-6-11-24(18)14-25)20(26)23-17(21-22-10-12-28-21)13-16-7-4-3-5-8-16/h3-5,7-8,10,12,14-15,17-19H,6,9,11,13H2,1-2H3,(H,23,26). The Morgan fingerprint density at radius 3 is 2.86 bits per heavy atom. The van der Waals surface area contributed by atoms with Crippen molar-refractivity contribution in [2.24, 2.45) is 5.92 Å². The van der Waals surface area contributed by atoms with Gasteiger partial charge in [0.2, 0.25) is 12.3 Å². The van der Waals surface area contributed by atoms with E-state index in [0.717, 1.165) is 36.4 Å². The Bertz CT molecular complexity index is 754. The Morgan fingerprint density at radius 1 is 1.43 bits per heavy atom. The number of hydrogen-bond acceptors (Lipinski definition) is 5. The van der Waals surface area contributed by atoms with Crippen LogP contribution in [0.5, 0.6) is 0 Å². The van der Waals surface area contributed by atoms with Crippen LogP contribution in [0.25, 0.3) is 0 Å². The number of hydrogen-bond donors (Lipinski definition) is 1. The number of nitrogens with one attached hydrogen (secondary N) is 1. The number of likely N-dealkylation sites (tertiary alicyclic amines) is 1. The van der Waals surface area contributed by atoms with Crippen LogP contribution >= 0.6 is 11.3 Å². The summed E-state index contributed by atoms with van der Waals surface area (Å²) in [5, 5.41) is 5.96. The first kappa shape index (κ1) is 20.5. The molecule has 1 fully saturated rings. The van der Waals surface area contributed by atoms with Gasteiger partial charge in [-0.3, -0.25) is 9.59 Å². The molecule has 28 heavy (non-hydrogen) atoms. The lowest BCUT2D eigenvalue weighted by Gasteiger charge is -2.32. The van der Waals surface area contributed by atoms with Crippen LogP contribution in [0, 0.1) is 5.92 Å². The highest BCUT2D eigenvalue weighted by Gasteiger charge is 2.37. The van der Waals surface area contributed by atoms with Gasteiger partial charge in [-0.05, 0) is 24.8 Å². The van der Waals surface area contributed by atoms with Crippen LogP contribution in [0.4, 0.5) is 0 Å². The SMILES string of the molecule is COC(C(C)C(=O)NC(Cc1ccccc1)c1nccs1)C1CCCN1C=O. The van der Waals surface area contributed by atoms with Gasteiger partial charge in [-0.1, -0.05) is 37.3 Å². The highest BCUT2D eigenvalue weighted by atomic mass is 32.1. The number of carbonyl (C=O) groups is 2. The number of thiazole rings is 1. The van der Waals surface area contributed by atoms with Crippen molar-refractivity contribution in [3.8, 4) is 0 Å². The molecule has 1 aromatic carbocycles. The van der Waals surface area contributed by atoms with Crippen LogP contribution in [0.2, 0.25) is 0 Å². The van der Waals surface area contributed by atoms with E-state index in [1.165, 1.54) is 11.3 Å². The molecule has 3 rings (SSSR count). The predicted molar refractivity (Wildman–Crippen MR) is 109 cm³/mol. The second-order valence-corrected chi connectivity index (χ2v) is 8.09. The Hall–Kier alpha value is -2.25. The molecule has 4 atom stereocenters. The van der Waals surface area contributed by atoms with Gasteiger partial charge in [0.1, 0.15) is 5.01 Å². The van der Waals surface area contributed by atoms with E-state index in [4.69, 9.17) is 4.74 Å². The molecule has 0 aliphatic carbocycles. The molecule has 0 saturated carbocycles. The minimum atomic E-state index is -0.381. The molecule has 1 saturated heterocycles. The molecule has 0 spiro atoms. The van der Waals surface area contributed by atoms with E-state index in [2.05, 4.69) is 22.4 Å². The number of benzene rings is 1. The van der Waals surface area contributed by atoms with E-state index < -0.39 is 0 Å². The first-order chi connectivity index (χ1) is 13.6. The van der Waals surface area contributed by atoms with E-state index >= 15 is 0 Å². The summed E-state index contributed by atoms with van der Waals surface area (Å²) >= 11 is 1.54. The van der Waals surface area contributed by atoms with E-state index in [-0.39, 0.29) is 30.0 Å². The number of rotatable bonds is 9. The summed E-state index contributed by atoms with van der Waals surface area (Å²) < 4.78 is 5.67. The van der Waals surface area contributed by atoms with Gasteiger partial charge in [0.05, 0.1) is 24.1 Å². The largest absolute Gasteiger partial charge is 0.378 e. The lowest BCUT2D eigenvalue weighted by atomic mass is 9.94. The molecule has 0 bridgehead atoms. The van der Waals surface area contributed by atoms with Gasteiger partial charge in [0.15, 0.2) is 0 Å². The maximum atomic E-state index is 13.1. The third-order valence-electron chi connectivity index (χ3n) is 5.38. The Morgan fingerprint density at radius 2 is 2.21 bits per heavy atom. The van der Waals surface area contributed by atoms with Crippen LogP contribution in [-0.4, -0.2) is 48.0 Å². The summed E-state index contributed by atoms with van der Waals surface area (Å²) in [7, 11) is 1.61. The summed E-state index contributed by atoms with van der Waals surface area (Å²) in [6.07, 6.45) is 4.76. The molecule has 6 nitrogen and oxygen atoms in total. The number of nitrogens with zero attached hydrogens (tertiary/aromatic N) is 2. The molecule has 1 aliphatic heterocycles. The number of amides is 2. The zero-order valence-electron chi connectivity index (χ0n) is 16.3. The Labute approximate surface area is 169 Å². The summed E-state index contributed by atoms with van der Waals surface area (Å²) in [6, 6.07) is 9.81. The van der Waals surface area contributed by atoms with Crippen molar-refractivity contribution in [1.29, 1.82) is 0 Å². The normalized spacial score (nSPS) is 19.8. The average molecular weight is 402 g/mol. The Balaban J connectivity index is 1.72. The van der Waals surface area contributed by atoms with Crippen LogP contribution in [-0.2, 0) is 20.7 Å². The fraction of sp³-hybridized carbons (Fsp3) is 0.476. The van der Waals surface area contributed by atoms with Crippen LogP contribution in [0.3, 0.4) is 0 Å². The zero-order chi connectivity index (χ0) is 19.9. The minimum Gasteiger partial charge on any atom is -0.378 e. The molecule has 2 aromatic rings. The highest BCUT2D eigenvalue weighted by Crippen LogP contribution is 2.26. The van der Waals surface area contributed by atoms with Crippen molar-refractivity contribution in [1.82, 2.24) is 15.2 Å². The third kappa shape index (κ3) is 4.77. The van der Waals surface area contributed by atoms with Crippen molar-refractivity contribution in [2.45, 2.75) is 44.4 Å². The molecule has 1 aromatic heterocycles. The van der Waals surface area contributed by atoms with Crippen LogP contribution in [0.15, 0.2) is 41.9 Å². The van der Waals surface area contributed by atoms with Gasteiger partial charge >= 0.3 is 0 Å². The second-order valence-electron chi connectivity index (χ2n) is 7.16. The molecular formula is C21H27N3O3S. The zero-order valence-corrected chi connectivity index (χ0v) is 17.1. The average Bonchev–Trinajstić information content (AvgIpc) is 3.41. The quantitative estimate of drug-likeness (QED) is 0.656.